The molecule has 0 aliphatic rings. The molecule has 0 spiro atoms. The van der Waals surface area contributed by atoms with Crippen LogP contribution in [0.25, 0.3) is 21.9 Å². The second kappa shape index (κ2) is 8.84. The third-order valence-corrected chi connectivity index (χ3v) is 6.09. The van der Waals surface area contributed by atoms with Crippen molar-refractivity contribution in [3.05, 3.63) is 120 Å². The molecule has 0 saturated carbocycles. The molecule has 0 radical (unpaired) electrons. The van der Waals surface area contributed by atoms with Gasteiger partial charge in [-0.15, -0.1) is 0 Å². The molecule has 0 unspecified atom stereocenters. The van der Waals surface area contributed by atoms with Crippen LogP contribution in [0, 0.1) is 13.8 Å². The summed E-state index contributed by atoms with van der Waals surface area (Å²) in [4.78, 5) is 2.30. The van der Waals surface area contributed by atoms with Gasteiger partial charge >= 0.3 is 0 Å². The Bertz CT molecular complexity index is 1340. The van der Waals surface area contributed by atoms with Crippen molar-refractivity contribution in [3.8, 4) is 16.9 Å². The van der Waals surface area contributed by atoms with Gasteiger partial charge in [-0.1, -0.05) is 65.7 Å². The van der Waals surface area contributed by atoms with E-state index in [1.807, 2.05) is 6.07 Å². The largest absolute Gasteiger partial charge is 0.497 e. The van der Waals surface area contributed by atoms with Gasteiger partial charge < -0.3 is 9.64 Å². The molecule has 0 amide bonds. The summed E-state index contributed by atoms with van der Waals surface area (Å²) >= 11 is 0. The van der Waals surface area contributed by atoms with E-state index in [4.69, 9.17) is 4.74 Å². The van der Waals surface area contributed by atoms with Gasteiger partial charge in [0.1, 0.15) is 5.75 Å². The summed E-state index contributed by atoms with van der Waals surface area (Å²) in [6.45, 7) is 4.24. The summed E-state index contributed by atoms with van der Waals surface area (Å²) in [5.41, 5.74) is 8.35. The van der Waals surface area contributed by atoms with Crippen LogP contribution in [-0.4, -0.2) is 7.11 Å². The van der Waals surface area contributed by atoms with Crippen molar-refractivity contribution in [1.82, 2.24) is 0 Å². The third kappa shape index (κ3) is 4.33. The molecule has 5 aromatic rings. The Balaban J connectivity index is 1.52. The molecule has 0 bridgehead atoms. The van der Waals surface area contributed by atoms with Crippen molar-refractivity contribution >= 4 is 27.8 Å². The smallest absolute Gasteiger partial charge is 0.119 e. The number of anilines is 3. The molecule has 0 heterocycles. The highest BCUT2D eigenvalue weighted by atomic mass is 16.5. The van der Waals surface area contributed by atoms with E-state index in [1.54, 1.807) is 7.11 Å². The molecule has 0 aromatic heterocycles. The minimum atomic E-state index is 0.881. The van der Waals surface area contributed by atoms with Crippen molar-refractivity contribution in [2.75, 3.05) is 12.0 Å². The highest BCUT2D eigenvalue weighted by molar-refractivity contribution is 5.89. The molecule has 0 saturated heterocycles. The van der Waals surface area contributed by atoms with Crippen molar-refractivity contribution < 1.29 is 4.74 Å². The Morgan fingerprint density at radius 3 is 1.48 bits per heavy atom. The van der Waals surface area contributed by atoms with Gasteiger partial charge in [-0.2, -0.15) is 0 Å². The maximum Gasteiger partial charge on any atom is 0.119 e. The quantitative estimate of drug-likeness (QED) is 0.277. The highest BCUT2D eigenvalue weighted by Crippen LogP contribution is 2.36. The van der Waals surface area contributed by atoms with Crippen molar-refractivity contribution in [2.24, 2.45) is 0 Å². The van der Waals surface area contributed by atoms with E-state index >= 15 is 0 Å². The van der Waals surface area contributed by atoms with E-state index in [0.29, 0.717) is 0 Å². The van der Waals surface area contributed by atoms with Gasteiger partial charge in [0.05, 0.1) is 7.11 Å². The average molecular weight is 430 g/mol. The van der Waals surface area contributed by atoms with Crippen LogP contribution >= 0.6 is 0 Å². The molecule has 0 aliphatic carbocycles. The topological polar surface area (TPSA) is 12.5 Å². The highest BCUT2D eigenvalue weighted by Gasteiger charge is 2.12. The average Bonchev–Trinajstić information content (AvgIpc) is 2.86. The van der Waals surface area contributed by atoms with Gasteiger partial charge in [0.25, 0.3) is 0 Å². The number of nitrogens with zero attached hydrogens (tertiary/aromatic N) is 1. The van der Waals surface area contributed by atoms with E-state index in [-0.39, 0.29) is 0 Å². The minimum Gasteiger partial charge on any atom is -0.497 e. The zero-order valence-electron chi connectivity index (χ0n) is 19.2. The number of hydrogen-bond donors (Lipinski definition) is 0. The summed E-state index contributed by atoms with van der Waals surface area (Å²) in [5.74, 6) is 0.881. The molecule has 0 N–H and O–H groups in total. The standard InChI is InChI=1S/C31H27NO/c1-22-4-13-28(14-5-22)32(29-15-6-23(2)7-16-29)30-17-10-24(11-18-30)25-8-9-27-21-31(33-3)19-12-26(27)20-25/h4-21H,1-3H3. The van der Waals surface area contributed by atoms with Crippen LogP contribution in [0.3, 0.4) is 0 Å². The van der Waals surface area contributed by atoms with Crippen LogP contribution in [0.15, 0.2) is 109 Å². The van der Waals surface area contributed by atoms with E-state index < -0.39 is 0 Å². The predicted octanol–water partition coefficient (Wildman–Crippen LogP) is 8.60. The van der Waals surface area contributed by atoms with E-state index in [0.717, 1.165) is 22.8 Å². The minimum absolute atomic E-state index is 0.881. The first-order valence-electron chi connectivity index (χ1n) is 11.2. The number of rotatable bonds is 5. The summed E-state index contributed by atoms with van der Waals surface area (Å²) in [6.07, 6.45) is 0. The van der Waals surface area contributed by atoms with Gasteiger partial charge in [0.2, 0.25) is 0 Å². The lowest BCUT2D eigenvalue weighted by atomic mass is 10.0. The lowest BCUT2D eigenvalue weighted by Crippen LogP contribution is -2.09. The Morgan fingerprint density at radius 2 is 0.939 bits per heavy atom. The zero-order valence-corrected chi connectivity index (χ0v) is 19.2. The summed E-state index contributed by atoms with van der Waals surface area (Å²) in [5, 5.41) is 2.39. The van der Waals surface area contributed by atoms with Crippen LogP contribution in [0.5, 0.6) is 5.75 Å². The lowest BCUT2D eigenvalue weighted by molar-refractivity contribution is 0.415. The molecule has 0 fully saturated rings. The molecule has 0 atom stereocenters. The maximum absolute atomic E-state index is 5.35. The van der Waals surface area contributed by atoms with Gasteiger partial charge in [-0.25, -0.2) is 0 Å². The number of methoxy groups -OCH3 is 1. The monoisotopic (exact) mass is 429 g/mol. The van der Waals surface area contributed by atoms with Gasteiger partial charge in [0, 0.05) is 17.1 Å². The van der Waals surface area contributed by atoms with Gasteiger partial charge in [0.15, 0.2) is 0 Å². The van der Waals surface area contributed by atoms with E-state index in [1.165, 1.54) is 33.0 Å². The lowest BCUT2D eigenvalue weighted by Gasteiger charge is -2.26. The van der Waals surface area contributed by atoms with Crippen LogP contribution in [-0.2, 0) is 0 Å². The number of ether oxygens (including phenoxy) is 1. The molecule has 162 valence electrons. The fraction of sp³-hybridized carbons (Fsp3) is 0.0968. The third-order valence-electron chi connectivity index (χ3n) is 6.09. The van der Waals surface area contributed by atoms with Crippen molar-refractivity contribution in [2.45, 2.75) is 13.8 Å². The molecule has 5 rings (SSSR count). The number of hydrogen-bond acceptors (Lipinski definition) is 2. The molecule has 2 heteroatoms. The van der Waals surface area contributed by atoms with Crippen LogP contribution < -0.4 is 9.64 Å². The second-order valence-electron chi connectivity index (χ2n) is 8.48. The number of fused-ring (bicyclic) bond motifs is 1. The van der Waals surface area contributed by atoms with Crippen LogP contribution in [0.1, 0.15) is 11.1 Å². The zero-order chi connectivity index (χ0) is 22.8. The number of aryl methyl sites for hydroxylation is 2. The number of benzene rings is 5. The van der Waals surface area contributed by atoms with Crippen LogP contribution in [0.4, 0.5) is 17.1 Å². The van der Waals surface area contributed by atoms with Crippen molar-refractivity contribution in [1.29, 1.82) is 0 Å². The van der Waals surface area contributed by atoms with Gasteiger partial charge in [-0.05, 0) is 90.3 Å². The molecule has 2 nitrogen and oxygen atoms in total. The van der Waals surface area contributed by atoms with E-state index in [2.05, 4.69) is 122 Å². The summed E-state index contributed by atoms with van der Waals surface area (Å²) in [7, 11) is 1.70. The van der Waals surface area contributed by atoms with Crippen LogP contribution in [0.2, 0.25) is 0 Å². The summed E-state index contributed by atoms with van der Waals surface area (Å²) < 4.78 is 5.35. The first-order valence-corrected chi connectivity index (χ1v) is 11.2. The second-order valence-corrected chi connectivity index (χ2v) is 8.48. The Morgan fingerprint density at radius 1 is 0.485 bits per heavy atom. The first kappa shape index (κ1) is 20.8. The summed E-state index contributed by atoms with van der Waals surface area (Å²) in [6, 6.07) is 39.0. The molecular weight excluding hydrogens is 402 g/mol. The van der Waals surface area contributed by atoms with Crippen molar-refractivity contribution in [3.63, 3.8) is 0 Å². The van der Waals surface area contributed by atoms with E-state index in [9.17, 15) is 0 Å². The first-order chi connectivity index (χ1) is 16.1. The predicted molar refractivity (Wildman–Crippen MR) is 140 cm³/mol. The fourth-order valence-electron chi connectivity index (χ4n) is 4.17. The Kier molecular flexibility index (Phi) is 5.58. The molecule has 5 aromatic carbocycles. The SMILES string of the molecule is COc1ccc2cc(-c3ccc(N(c4ccc(C)cc4)c4ccc(C)cc4)cc3)ccc2c1. The maximum atomic E-state index is 5.35. The normalized spacial score (nSPS) is 10.9. The Hall–Kier alpha value is -4.04. The molecule has 33 heavy (non-hydrogen) atoms. The van der Waals surface area contributed by atoms with Gasteiger partial charge in [-0.3, -0.25) is 0 Å². The Labute approximate surface area is 195 Å². The fourth-order valence-corrected chi connectivity index (χ4v) is 4.17. The molecule has 0 aliphatic heterocycles. The molecular formula is C31H27NO.